The summed E-state index contributed by atoms with van der Waals surface area (Å²) in [4.78, 5) is 14.8. The van der Waals surface area contributed by atoms with Crippen LogP contribution in [0.1, 0.15) is 46.0 Å². The fraction of sp³-hybridized carbons (Fsp3) is 0.938. The quantitative estimate of drug-likeness (QED) is 0.848. The van der Waals surface area contributed by atoms with Gasteiger partial charge in [0, 0.05) is 13.1 Å². The van der Waals surface area contributed by atoms with Gasteiger partial charge in [-0.1, -0.05) is 13.8 Å². The van der Waals surface area contributed by atoms with Crippen LogP contribution in [0.15, 0.2) is 0 Å². The average Bonchev–Trinajstić information content (AvgIpc) is 3.07. The lowest BCUT2D eigenvalue weighted by Crippen LogP contribution is -2.46. The van der Waals surface area contributed by atoms with Crippen LogP contribution >= 0.6 is 0 Å². The van der Waals surface area contributed by atoms with Crippen molar-refractivity contribution in [2.75, 3.05) is 20.1 Å². The van der Waals surface area contributed by atoms with E-state index in [2.05, 4.69) is 24.1 Å². The number of rotatable bonds is 3. The molecule has 1 N–H and O–H groups in total. The number of carbonyl (C=O) groups excluding carboxylic acids is 1. The van der Waals surface area contributed by atoms with Crippen LogP contribution in [0.25, 0.3) is 0 Å². The maximum Gasteiger partial charge on any atom is 0.239 e. The highest BCUT2D eigenvalue weighted by Crippen LogP contribution is 2.55. The Hall–Kier alpha value is -0.570. The molecule has 1 aliphatic heterocycles. The molecular weight excluding hydrogens is 236 g/mol. The lowest BCUT2D eigenvalue weighted by molar-refractivity contribution is -0.133. The van der Waals surface area contributed by atoms with Crippen molar-refractivity contribution >= 4 is 5.91 Å². The van der Waals surface area contributed by atoms with Crippen LogP contribution < -0.4 is 5.32 Å². The van der Waals surface area contributed by atoms with E-state index in [1.165, 1.54) is 19.3 Å². The molecule has 4 unspecified atom stereocenters. The van der Waals surface area contributed by atoms with Crippen molar-refractivity contribution in [1.82, 2.24) is 10.2 Å². The topological polar surface area (TPSA) is 32.3 Å². The zero-order valence-electron chi connectivity index (χ0n) is 12.6. The first-order valence-electron chi connectivity index (χ1n) is 7.96. The molecular formula is C16H28N2O. The highest BCUT2D eigenvalue weighted by atomic mass is 16.2. The molecule has 19 heavy (non-hydrogen) atoms. The molecule has 3 rings (SSSR count). The number of amides is 1. The van der Waals surface area contributed by atoms with Crippen molar-refractivity contribution in [2.24, 2.45) is 23.2 Å². The van der Waals surface area contributed by atoms with Gasteiger partial charge in [-0.05, 0) is 62.3 Å². The summed E-state index contributed by atoms with van der Waals surface area (Å²) in [5.41, 5.74) is 0.274. The van der Waals surface area contributed by atoms with Gasteiger partial charge in [-0.15, -0.1) is 0 Å². The molecule has 3 heteroatoms. The Morgan fingerprint density at radius 1 is 1.37 bits per heavy atom. The van der Waals surface area contributed by atoms with Crippen molar-refractivity contribution < 1.29 is 4.79 Å². The Morgan fingerprint density at radius 3 is 2.74 bits per heavy atom. The number of likely N-dealkylation sites (tertiary alicyclic amines) is 1. The predicted molar refractivity (Wildman–Crippen MR) is 76.8 cm³/mol. The zero-order valence-corrected chi connectivity index (χ0v) is 12.6. The molecule has 2 aliphatic carbocycles. The van der Waals surface area contributed by atoms with E-state index in [-0.39, 0.29) is 11.5 Å². The van der Waals surface area contributed by atoms with Crippen LogP contribution in [-0.4, -0.2) is 37.0 Å². The highest BCUT2D eigenvalue weighted by Gasteiger charge is 2.48. The van der Waals surface area contributed by atoms with Crippen LogP contribution in [0.4, 0.5) is 0 Å². The zero-order chi connectivity index (χ0) is 13.6. The van der Waals surface area contributed by atoms with Gasteiger partial charge in [0.2, 0.25) is 5.91 Å². The van der Waals surface area contributed by atoms with Gasteiger partial charge in [-0.3, -0.25) is 4.79 Å². The maximum atomic E-state index is 12.6. The van der Waals surface area contributed by atoms with Gasteiger partial charge in [0.15, 0.2) is 0 Å². The van der Waals surface area contributed by atoms with Crippen LogP contribution in [0, 0.1) is 23.2 Å². The van der Waals surface area contributed by atoms with Gasteiger partial charge in [0.25, 0.3) is 0 Å². The molecule has 1 saturated heterocycles. The predicted octanol–water partition coefficient (Wildman–Crippen LogP) is 2.27. The van der Waals surface area contributed by atoms with Crippen LogP contribution in [0.5, 0.6) is 0 Å². The smallest absolute Gasteiger partial charge is 0.239 e. The number of nitrogens with one attached hydrogen (secondary N) is 1. The number of carbonyl (C=O) groups is 1. The Labute approximate surface area is 117 Å². The van der Waals surface area contributed by atoms with E-state index in [0.29, 0.717) is 5.91 Å². The van der Waals surface area contributed by atoms with Gasteiger partial charge in [-0.2, -0.15) is 0 Å². The van der Waals surface area contributed by atoms with Crippen molar-refractivity contribution in [2.45, 2.75) is 52.0 Å². The van der Waals surface area contributed by atoms with Crippen LogP contribution in [0.3, 0.4) is 0 Å². The minimum Gasteiger partial charge on any atom is -0.341 e. The SMILES string of the molecule is CNC1CC(C)(C)CCN(CC2CCC3CC32)C1=O. The number of hydrogen-bond acceptors (Lipinski definition) is 2. The number of likely N-dealkylation sites (N-methyl/N-ethyl adjacent to an activating group) is 1. The molecule has 2 saturated carbocycles. The van der Waals surface area contributed by atoms with Gasteiger partial charge in [0.05, 0.1) is 6.04 Å². The lowest BCUT2D eigenvalue weighted by atomic mass is 9.83. The number of nitrogens with zero attached hydrogens (tertiary/aromatic N) is 1. The number of hydrogen-bond donors (Lipinski definition) is 1. The van der Waals surface area contributed by atoms with E-state index in [9.17, 15) is 4.79 Å². The monoisotopic (exact) mass is 264 g/mol. The first-order valence-corrected chi connectivity index (χ1v) is 7.96. The highest BCUT2D eigenvalue weighted by molar-refractivity contribution is 5.82. The first kappa shape index (κ1) is 13.4. The fourth-order valence-corrected chi connectivity index (χ4v) is 4.25. The van der Waals surface area contributed by atoms with E-state index in [0.717, 1.165) is 43.7 Å². The second-order valence-electron chi connectivity index (χ2n) is 7.74. The van der Waals surface area contributed by atoms with E-state index >= 15 is 0 Å². The van der Waals surface area contributed by atoms with E-state index in [4.69, 9.17) is 0 Å². The molecule has 3 aliphatic rings. The number of fused-ring (bicyclic) bond motifs is 1. The molecule has 0 bridgehead atoms. The normalized spacial score (nSPS) is 41.0. The minimum absolute atomic E-state index is 0.0221. The third kappa shape index (κ3) is 2.67. The van der Waals surface area contributed by atoms with Crippen LogP contribution in [-0.2, 0) is 4.79 Å². The van der Waals surface area contributed by atoms with Gasteiger partial charge in [0.1, 0.15) is 0 Å². The maximum absolute atomic E-state index is 12.6. The largest absolute Gasteiger partial charge is 0.341 e. The summed E-state index contributed by atoms with van der Waals surface area (Å²) in [6, 6.07) is 0.0221. The molecule has 1 heterocycles. The molecule has 108 valence electrons. The average molecular weight is 264 g/mol. The van der Waals surface area contributed by atoms with Gasteiger partial charge in [-0.25, -0.2) is 0 Å². The molecule has 0 aromatic rings. The second kappa shape index (κ2) is 4.76. The van der Waals surface area contributed by atoms with Gasteiger partial charge >= 0.3 is 0 Å². The first-order chi connectivity index (χ1) is 9.00. The Balaban J connectivity index is 1.67. The van der Waals surface area contributed by atoms with E-state index in [1.54, 1.807) is 0 Å². The van der Waals surface area contributed by atoms with Crippen LogP contribution in [0.2, 0.25) is 0 Å². The van der Waals surface area contributed by atoms with Crippen molar-refractivity contribution in [3.63, 3.8) is 0 Å². The molecule has 0 aromatic carbocycles. The summed E-state index contributed by atoms with van der Waals surface area (Å²) in [5.74, 6) is 3.12. The fourth-order valence-electron chi connectivity index (χ4n) is 4.25. The van der Waals surface area contributed by atoms with Crippen molar-refractivity contribution in [1.29, 1.82) is 0 Å². The third-order valence-corrected chi connectivity index (χ3v) is 5.72. The molecule has 0 aromatic heterocycles. The third-order valence-electron chi connectivity index (χ3n) is 5.72. The molecule has 0 radical (unpaired) electrons. The summed E-state index contributed by atoms with van der Waals surface area (Å²) in [7, 11) is 1.93. The second-order valence-corrected chi connectivity index (χ2v) is 7.74. The summed E-state index contributed by atoms with van der Waals surface area (Å²) in [5, 5.41) is 3.23. The van der Waals surface area contributed by atoms with Crippen molar-refractivity contribution in [3.8, 4) is 0 Å². The molecule has 1 amide bonds. The Kier molecular flexibility index (Phi) is 3.36. The Bertz CT molecular complexity index is 366. The molecule has 3 nitrogen and oxygen atoms in total. The molecule has 3 fully saturated rings. The summed E-state index contributed by atoms with van der Waals surface area (Å²) < 4.78 is 0. The minimum atomic E-state index is 0.0221. The van der Waals surface area contributed by atoms with Gasteiger partial charge < -0.3 is 10.2 Å². The molecule has 0 spiro atoms. The van der Waals surface area contributed by atoms with Crippen molar-refractivity contribution in [3.05, 3.63) is 0 Å². The summed E-state index contributed by atoms with van der Waals surface area (Å²) >= 11 is 0. The standard InChI is InChI=1S/C16H28N2O/c1-16(2)6-7-18(15(19)14(9-16)17-3)10-12-5-4-11-8-13(11)12/h11-14,17H,4-10H2,1-3H3. The lowest BCUT2D eigenvalue weighted by Gasteiger charge is -2.27. The van der Waals surface area contributed by atoms with E-state index in [1.807, 2.05) is 7.05 Å². The summed E-state index contributed by atoms with van der Waals surface area (Å²) in [6.45, 7) is 6.56. The molecule has 4 atom stereocenters. The summed E-state index contributed by atoms with van der Waals surface area (Å²) in [6.07, 6.45) is 6.31. The Morgan fingerprint density at radius 2 is 2.16 bits per heavy atom. The van der Waals surface area contributed by atoms with E-state index < -0.39 is 0 Å².